The fourth-order valence-electron chi connectivity index (χ4n) is 3.13. The molecule has 1 saturated heterocycles. The number of aliphatic hydroxyl groups is 2. The maximum absolute atomic E-state index is 11.8. The molecular formula is C15H20N2O3. The molecule has 0 spiro atoms. The number of likely N-dealkylation sites (N-methyl/N-ethyl adjacent to an activating group) is 1. The lowest BCUT2D eigenvalue weighted by atomic mass is 9.94. The van der Waals surface area contributed by atoms with Gasteiger partial charge in [-0.05, 0) is 31.9 Å². The number of piperidine rings is 1. The largest absolute Gasteiger partial charge is 0.388 e. The molecular weight excluding hydrogens is 256 g/mol. The van der Waals surface area contributed by atoms with Gasteiger partial charge >= 0.3 is 0 Å². The zero-order chi connectivity index (χ0) is 14.5. The Balaban J connectivity index is 1.92. The number of carbonyl (C=O) groups excluding carboxylic acids is 1. The van der Waals surface area contributed by atoms with Crippen LogP contribution in [0.3, 0.4) is 0 Å². The molecule has 0 aliphatic carbocycles. The summed E-state index contributed by atoms with van der Waals surface area (Å²) in [6.45, 7) is 3.34. The maximum Gasteiger partial charge on any atom is 0.260 e. The van der Waals surface area contributed by atoms with Gasteiger partial charge in [0.25, 0.3) is 5.91 Å². The molecule has 0 radical (unpaired) electrons. The van der Waals surface area contributed by atoms with Crippen molar-refractivity contribution in [2.24, 2.45) is 0 Å². The van der Waals surface area contributed by atoms with Crippen molar-refractivity contribution in [3.8, 4) is 0 Å². The third-order valence-electron chi connectivity index (χ3n) is 4.27. The Bertz CT molecular complexity index is 556. The van der Waals surface area contributed by atoms with E-state index in [2.05, 4.69) is 4.90 Å². The van der Waals surface area contributed by atoms with E-state index in [-0.39, 0.29) is 5.91 Å². The average molecular weight is 276 g/mol. The van der Waals surface area contributed by atoms with Crippen molar-refractivity contribution in [2.75, 3.05) is 29.9 Å². The van der Waals surface area contributed by atoms with Crippen LogP contribution in [0.5, 0.6) is 0 Å². The van der Waals surface area contributed by atoms with Gasteiger partial charge < -0.3 is 20.0 Å². The number of nitrogens with zero attached hydrogens (tertiary/aromatic N) is 2. The van der Waals surface area contributed by atoms with Gasteiger partial charge in [-0.1, -0.05) is 6.07 Å². The minimum absolute atomic E-state index is 0.289. The van der Waals surface area contributed by atoms with Gasteiger partial charge in [-0.3, -0.25) is 4.79 Å². The smallest absolute Gasteiger partial charge is 0.260 e. The molecule has 2 aliphatic heterocycles. The number of hydrogen-bond donors (Lipinski definition) is 2. The molecule has 0 aromatic heterocycles. The van der Waals surface area contributed by atoms with Gasteiger partial charge in [0.1, 0.15) is 0 Å². The SMILES string of the molecule is CN1C(=O)C(O)c2ccc(N3CCCC(C)(O)C3)cc21. The van der Waals surface area contributed by atoms with Crippen LogP contribution in [-0.4, -0.2) is 41.9 Å². The molecule has 1 aromatic carbocycles. The minimum Gasteiger partial charge on any atom is -0.388 e. The normalized spacial score (nSPS) is 29.8. The molecule has 2 unspecified atom stereocenters. The van der Waals surface area contributed by atoms with Crippen LogP contribution in [0.15, 0.2) is 18.2 Å². The Kier molecular flexibility index (Phi) is 2.99. The summed E-state index contributed by atoms with van der Waals surface area (Å²) in [4.78, 5) is 15.4. The van der Waals surface area contributed by atoms with Crippen LogP contribution >= 0.6 is 0 Å². The number of carbonyl (C=O) groups is 1. The van der Waals surface area contributed by atoms with Gasteiger partial charge in [0.2, 0.25) is 0 Å². The predicted octanol–water partition coefficient (Wildman–Crippen LogP) is 1.05. The third-order valence-corrected chi connectivity index (χ3v) is 4.27. The van der Waals surface area contributed by atoms with E-state index in [1.165, 1.54) is 4.90 Å². The summed E-state index contributed by atoms with van der Waals surface area (Å²) in [7, 11) is 1.67. The Morgan fingerprint density at radius 2 is 2.15 bits per heavy atom. The molecule has 3 rings (SSSR count). The second kappa shape index (κ2) is 4.46. The van der Waals surface area contributed by atoms with E-state index >= 15 is 0 Å². The lowest BCUT2D eigenvalue weighted by Crippen LogP contribution is -2.46. The molecule has 2 aliphatic rings. The highest BCUT2D eigenvalue weighted by Crippen LogP contribution is 2.38. The highest BCUT2D eigenvalue weighted by molar-refractivity contribution is 6.03. The Morgan fingerprint density at radius 3 is 2.85 bits per heavy atom. The minimum atomic E-state index is -1.05. The van der Waals surface area contributed by atoms with Gasteiger partial charge in [0.15, 0.2) is 6.10 Å². The summed E-state index contributed by atoms with van der Waals surface area (Å²) in [5.74, 6) is -0.289. The summed E-state index contributed by atoms with van der Waals surface area (Å²) in [5.41, 5.74) is 1.73. The lowest BCUT2D eigenvalue weighted by Gasteiger charge is -2.38. The number of β-amino-alcohol motifs (C(OH)–C–C–N with tert-alkyl or cyclic N) is 1. The van der Waals surface area contributed by atoms with Gasteiger partial charge in [-0.25, -0.2) is 0 Å². The second-order valence-electron chi connectivity index (χ2n) is 6.06. The maximum atomic E-state index is 11.8. The second-order valence-corrected chi connectivity index (χ2v) is 6.06. The number of aliphatic hydroxyl groups excluding tert-OH is 1. The van der Waals surface area contributed by atoms with Crippen LogP contribution < -0.4 is 9.80 Å². The number of fused-ring (bicyclic) bond motifs is 1. The van der Waals surface area contributed by atoms with Gasteiger partial charge in [-0.15, -0.1) is 0 Å². The molecule has 1 amide bonds. The summed E-state index contributed by atoms with van der Waals surface area (Å²) >= 11 is 0. The van der Waals surface area contributed by atoms with E-state index in [0.717, 1.165) is 30.8 Å². The summed E-state index contributed by atoms with van der Waals surface area (Å²) in [5, 5.41) is 20.0. The number of amides is 1. The van der Waals surface area contributed by atoms with Crippen LogP contribution in [0.2, 0.25) is 0 Å². The van der Waals surface area contributed by atoms with E-state index in [9.17, 15) is 15.0 Å². The number of anilines is 2. The van der Waals surface area contributed by atoms with Gasteiger partial charge in [0.05, 0.1) is 11.3 Å². The Hall–Kier alpha value is -1.59. The number of benzene rings is 1. The van der Waals surface area contributed by atoms with Crippen molar-refractivity contribution >= 4 is 17.3 Å². The molecule has 2 N–H and O–H groups in total. The van der Waals surface area contributed by atoms with Crippen molar-refractivity contribution < 1.29 is 15.0 Å². The molecule has 1 fully saturated rings. The van der Waals surface area contributed by atoms with Crippen molar-refractivity contribution in [1.29, 1.82) is 0 Å². The molecule has 2 heterocycles. The van der Waals surface area contributed by atoms with Crippen molar-refractivity contribution in [1.82, 2.24) is 0 Å². The quantitative estimate of drug-likeness (QED) is 0.804. The predicted molar refractivity (Wildman–Crippen MR) is 76.9 cm³/mol. The summed E-state index contributed by atoms with van der Waals surface area (Å²) in [6.07, 6.45) is 0.709. The van der Waals surface area contributed by atoms with Crippen LogP contribution in [0.25, 0.3) is 0 Å². The van der Waals surface area contributed by atoms with E-state index < -0.39 is 11.7 Å². The van der Waals surface area contributed by atoms with Crippen LogP contribution in [0.1, 0.15) is 31.4 Å². The standard InChI is InChI=1S/C15H20N2O3/c1-15(20)6-3-7-17(9-15)10-4-5-11-12(8-10)16(2)14(19)13(11)18/h4-5,8,13,18,20H,3,6-7,9H2,1-2H3. The first-order valence-corrected chi connectivity index (χ1v) is 6.96. The van der Waals surface area contributed by atoms with Crippen LogP contribution in [0.4, 0.5) is 11.4 Å². The fraction of sp³-hybridized carbons (Fsp3) is 0.533. The molecule has 2 atom stereocenters. The first kappa shape index (κ1) is 13.4. The van der Waals surface area contributed by atoms with E-state index in [1.54, 1.807) is 13.1 Å². The first-order valence-electron chi connectivity index (χ1n) is 6.96. The van der Waals surface area contributed by atoms with E-state index in [0.29, 0.717) is 12.1 Å². The van der Waals surface area contributed by atoms with E-state index in [1.807, 2.05) is 19.1 Å². The average Bonchev–Trinajstić information content (AvgIpc) is 2.62. The summed E-state index contributed by atoms with van der Waals surface area (Å²) < 4.78 is 0. The van der Waals surface area contributed by atoms with Crippen molar-refractivity contribution in [2.45, 2.75) is 31.5 Å². The molecule has 5 nitrogen and oxygen atoms in total. The molecule has 0 bridgehead atoms. The molecule has 5 heteroatoms. The van der Waals surface area contributed by atoms with Gasteiger partial charge in [-0.2, -0.15) is 0 Å². The van der Waals surface area contributed by atoms with Crippen molar-refractivity contribution in [3.63, 3.8) is 0 Å². The zero-order valence-electron chi connectivity index (χ0n) is 11.8. The lowest BCUT2D eigenvalue weighted by molar-refractivity contribution is -0.125. The molecule has 108 valence electrons. The monoisotopic (exact) mass is 276 g/mol. The van der Waals surface area contributed by atoms with Crippen LogP contribution in [0, 0.1) is 0 Å². The Labute approximate surface area is 118 Å². The highest BCUT2D eigenvalue weighted by atomic mass is 16.3. The molecule has 20 heavy (non-hydrogen) atoms. The Morgan fingerprint density at radius 1 is 1.40 bits per heavy atom. The number of rotatable bonds is 1. The first-order chi connectivity index (χ1) is 9.39. The zero-order valence-corrected chi connectivity index (χ0v) is 11.8. The van der Waals surface area contributed by atoms with Crippen molar-refractivity contribution in [3.05, 3.63) is 23.8 Å². The highest BCUT2D eigenvalue weighted by Gasteiger charge is 2.35. The third kappa shape index (κ3) is 2.07. The topological polar surface area (TPSA) is 64.0 Å². The van der Waals surface area contributed by atoms with Crippen LogP contribution in [-0.2, 0) is 4.79 Å². The number of hydrogen-bond acceptors (Lipinski definition) is 4. The van der Waals surface area contributed by atoms with E-state index in [4.69, 9.17) is 0 Å². The molecule has 0 saturated carbocycles. The molecule has 1 aromatic rings. The summed E-state index contributed by atoms with van der Waals surface area (Å²) in [6, 6.07) is 5.64. The fourth-order valence-corrected chi connectivity index (χ4v) is 3.13. The van der Waals surface area contributed by atoms with Gasteiger partial charge in [0, 0.05) is 31.4 Å².